The third-order valence-electron chi connectivity index (χ3n) is 4.03. The molecule has 0 aliphatic heterocycles. The third kappa shape index (κ3) is 2.48. The fourth-order valence-corrected chi connectivity index (χ4v) is 2.98. The minimum absolute atomic E-state index is 0.0586. The summed E-state index contributed by atoms with van der Waals surface area (Å²) in [7, 11) is 0. The van der Waals surface area contributed by atoms with E-state index in [9.17, 15) is 0 Å². The van der Waals surface area contributed by atoms with Crippen molar-refractivity contribution in [3.8, 4) is 11.3 Å². The molecule has 120 valence electrons. The van der Waals surface area contributed by atoms with Crippen molar-refractivity contribution < 1.29 is 11.3 Å². The molecule has 24 heavy (non-hydrogen) atoms. The highest BCUT2D eigenvalue weighted by Gasteiger charge is 2.13. The van der Waals surface area contributed by atoms with Crippen molar-refractivity contribution in [1.29, 1.82) is 0 Å². The Labute approximate surface area is 149 Å². The van der Waals surface area contributed by atoms with E-state index in [0.29, 0.717) is 16.8 Å². The van der Waals surface area contributed by atoms with Gasteiger partial charge in [0.25, 0.3) is 0 Å². The van der Waals surface area contributed by atoms with Crippen LogP contribution in [0, 0.1) is 12.8 Å². The minimum Gasteiger partial charge on any atom is -0.455 e. The van der Waals surface area contributed by atoms with Gasteiger partial charge in [0, 0.05) is 29.4 Å². The standard InChI is InChI=1S/C22H21NO/c1-14(2)11-16-12-20(23-13-15(16)3)19-9-6-8-18-17-7-4-5-10-21(17)24-22(18)19/h4-10,12-14H,11H2,1-3H3/i3D3,11D2. The van der Waals surface area contributed by atoms with Crippen LogP contribution in [-0.4, -0.2) is 4.98 Å². The highest BCUT2D eigenvalue weighted by atomic mass is 16.3. The summed E-state index contributed by atoms with van der Waals surface area (Å²) < 4.78 is 46.6. The Bertz CT molecular complexity index is 1210. The SMILES string of the molecule is [2H]C([2H])([2H])c1cnc(-c2cccc3c2oc2ccccc23)cc1C([2H])([2H])C(C)C. The fourth-order valence-electron chi connectivity index (χ4n) is 2.98. The Morgan fingerprint density at radius 2 is 1.96 bits per heavy atom. The molecule has 0 amide bonds. The van der Waals surface area contributed by atoms with Gasteiger partial charge in [0.2, 0.25) is 0 Å². The quantitative estimate of drug-likeness (QED) is 0.452. The third-order valence-corrected chi connectivity index (χ3v) is 4.03. The van der Waals surface area contributed by atoms with E-state index in [1.54, 1.807) is 19.9 Å². The number of benzene rings is 2. The van der Waals surface area contributed by atoms with Gasteiger partial charge in [-0.3, -0.25) is 4.98 Å². The highest BCUT2D eigenvalue weighted by molar-refractivity contribution is 6.09. The first kappa shape index (κ1) is 10.3. The number of furan rings is 1. The molecule has 0 radical (unpaired) electrons. The molecule has 2 aromatic carbocycles. The zero-order chi connectivity index (χ0) is 21.0. The van der Waals surface area contributed by atoms with Crippen LogP contribution in [0.4, 0.5) is 0 Å². The van der Waals surface area contributed by atoms with E-state index in [1.165, 1.54) is 6.20 Å². The van der Waals surface area contributed by atoms with Gasteiger partial charge >= 0.3 is 0 Å². The molecule has 0 fully saturated rings. The van der Waals surface area contributed by atoms with Crippen molar-refractivity contribution in [2.75, 3.05) is 0 Å². The smallest absolute Gasteiger partial charge is 0.144 e. The van der Waals surface area contributed by atoms with Crippen molar-refractivity contribution in [2.24, 2.45) is 5.92 Å². The highest BCUT2D eigenvalue weighted by Crippen LogP contribution is 2.35. The maximum Gasteiger partial charge on any atom is 0.144 e. The number of aromatic nitrogens is 1. The van der Waals surface area contributed by atoms with Gasteiger partial charge in [-0.05, 0) is 48.5 Å². The van der Waals surface area contributed by atoms with Crippen LogP contribution in [0.3, 0.4) is 0 Å². The van der Waals surface area contributed by atoms with E-state index in [2.05, 4.69) is 4.98 Å². The van der Waals surface area contributed by atoms with Gasteiger partial charge < -0.3 is 4.42 Å². The Morgan fingerprint density at radius 3 is 2.79 bits per heavy atom. The summed E-state index contributed by atoms with van der Waals surface area (Å²) >= 11 is 0. The normalized spacial score (nSPS) is 15.9. The van der Waals surface area contributed by atoms with Gasteiger partial charge in [-0.15, -0.1) is 0 Å². The molecule has 0 unspecified atom stereocenters. The number of para-hydroxylation sites is 2. The van der Waals surface area contributed by atoms with E-state index in [-0.39, 0.29) is 11.1 Å². The summed E-state index contributed by atoms with van der Waals surface area (Å²) in [6.07, 6.45) is -0.539. The molecular weight excluding hydrogens is 294 g/mol. The lowest BCUT2D eigenvalue weighted by molar-refractivity contribution is 0.644. The number of hydrogen-bond donors (Lipinski definition) is 0. The fraction of sp³-hybridized carbons (Fsp3) is 0.227. The molecule has 0 saturated carbocycles. The first-order chi connectivity index (χ1) is 13.6. The van der Waals surface area contributed by atoms with Crippen LogP contribution >= 0.6 is 0 Å². The van der Waals surface area contributed by atoms with Gasteiger partial charge in [-0.25, -0.2) is 0 Å². The molecule has 4 aromatic rings. The van der Waals surface area contributed by atoms with Crippen LogP contribution in [0.1, 0.15) is 31.8 Å². The van der Waals surface area contributed by atoms with Crippen LogP contribution in [-0.2, 0) is 6.37 Å². The lowest BCUT2D eigenvalue weighted by Gasteiger charge is -2.10. The van der Waals surface area contributed by atoms with Crippen LogP contribution in [0.15, 0.2) is 59.1 Å². The number of fused-ring (bicyclic) bond motifs is 3. The Morgan fingerprint density at radius 1 is 1.12 bits per heavy atom. The van der Waals surface area contributed by atoms with Crippen LogP contribution < -0.4 is 0 Å². The molecule has 2 aromatic heterocycles. The summed E-state index contributed by atoms with van der Waals surface area (Å²) in [5.41, 5.74) is 2.69. The van der Waals surface area contributed by atoms with Gasteiger partial charge in [0.1, 0.15) is 11.2 Å². The van der Waals surface area contributed by atoms with E-state index in [0.717, 1.165) is 16.4 Å². The summed E-state index contributed by atoms with van der Waals surface area (Å²) in [6.45, 7) is 1.03. The molecule has 2 heteroatoms. The summed E-state index contributed by atoms with van der Waals surface area (Å²) in [4.78, 5) is 4.38. The second-order valence-electron chi connectivity index (χ2n) is 6.19. The van der Waals surface area contributed by atoms with Crippen molar-refractivity contribution in [3.63, 3.8) is 0 Å². The van der Waals surface area contributed by atoms with Gasteiger partial charge in [0.15, 0.2) is 0 Å². The number of pyridine rings is 1. The average molecular weight is 320 g/mol. The molecule has 0 aliphatic carbocycles. The molecule has 0 saturated heterocycles. The predicted octanol–water partition coefficient (Wildman–Crippen LogP) is 6.15. The van der Waals surface area contributed by atoms with Crippen molar-refractivity contribution in [3.05, 3.63) is 65.9 Å². The maximum absolute atomic E-state index is 8.52. The Hall–Kier alpha value is -2.61. The zero-order valence-corrected chi connectivity index (χ0v) is 13.6. The first-order valence-corrected chi connectivity index (χ1v) is 8.02. The summed E-state index contributed by atoms with van der Waals surface area (Å²) in [5, 5.41) is 1.93. The van der Waals surface area contributed by atoms with Crippen molar-refractivity contribution >= 4 is 21.9 Å². The molecule has 0 atom stereocenters. The first-order valence-electron chi connectivity index (χ1n) is 10.5. The molecule has 2 nitrogen and oxygen atoms in total. The average Bonchev–Trinajstić information content (AvgIpc) is 3.05. The zero-order valence-electron chi connectivity index (χ0n) is 18.6. The maximum atomic E-state index is 8.52. The Kier molecular flexibility index (Phi) is 2.48. The topological polar surface area (TPSA) is 26.0 Å². The Balaban J connectivity index is 1.99. The monoisotopic (exact) mass is 320 g/mol. The molecule has 4 rings (SSSR count). The predicted molar refractivity (Wildman–Crippen MR) is 100 cm³/mol. The molecule has 0 N–H and O–H groups in total. The second kappa shape index (κ2) is 5.79. The molecule has 0 aliphatic rings. The van der Waals surface area contributed by atoms with Gasteiger partial charge in [-0.1, -0.05) is 44.2 Å². The van der Waals surface area contributed by atoms with Crippen LogP contribution in [0.5, 0.6) is 0 Å². The van der Waals surface area contributed by atoms with E-state index in [1.807, 2.05) is 42.5 Å². The van der Waals surface area contributed by atoms with Crippen molar-refractivity contribution in [1.82, 2.24) is 4.98 Å². The number of hydrogen-bond acceptors (Lipinski definition) is 2. The number of nitrogens with zero attached hydrogens (tertiary/aromatic N) is 1. The van der Waals surface area contributed by atoms with Gasteiger partial charge in [0.05, 0.1) is 5.69 Å². The van der Waals surface area contributed by atoms with Crippen molar-refractivity contribution in [2.45, 2.75) is 27.1 Å². The number of aryl methyl sites for hydroxylation is 1. The molecular formula is C22H21NO. The van der Waals surface area contributed by atoms with Crippen LogP contribution in [0.25, 0.3) is 33.2 Å². The lowest BCUT2D eigenvalue weighted by Crippen LogP contribution is -1.99. The molecule has 2 heterocycles. The largest absolute Gasteiger partial charge is 0.455 e. The van der Waals surface area contributed by atoms with E-state index >= 15 is 0 Å². The van der Waals surface area contributed by atoms with E-state index in [4.69, 9.17) is 11.3 Å². The van der Waals surface area contributed by atoms with Gasteiger partial charge in [-0.2, -0.15) is 0 Å². The number of rotatable bonds is 3. The molecule has 0 bridgehead atoms. The second-order valence-corrected chi connectivity index (χ2v) is 6.19. The lowest BCUT2D eigenvalue weighted by atomic mass is 9.97. The van der Waals surface area contributed by atoms with Crippen LogP contribution in [0.2, 0.25) is 0 Å². The summed E-state index contributed by atoms with van der Waals surface area (Å²) in [5.74, 6) is -0.402. The summed E-state index contributed by atoms with van der Waals surface area (Å²) in [6, 6.07) is 15.0. The molecule has 0 spiro atoms. The minimum atomic E-state index is -2.45. The van der Waals surface area contributed by atoms with E-state index < -0.39 is 19.1 Å².